The lowest BCUT2D eigenvalue weighted by Gasteiger charge is -2.12. The molecule has 0 N–H and O–H groups in total. The Bertz CT molecular complexity index is 767. The molecule has 0 bridgehead atoms. The van der Waals surface area contributed by atoms with Gasteiger partial charge in [-0.1, -0.05) is 79.4 Å². The summed E-state index contributed by atoms with van der Waals surface area (Å²) in [5, 5.41) is 0. The van der Waals surface area contributed by atoms with Crippen molar-refractivity contribution in [3.63, 3.8) is 0 Å². The van der Waals surface area contributed by atoms with Crippen molar-refractivity contribution < 1.29 is 0 Å². The lowest BCUT2D eigenvalue weighted by Crippen LogP contribution is -1.87. The van der Waals surface area contributed by atoms with Gasteiger partial charge in [-0.2, -0.15) is 0 Å². The van der Waals surface area contributed by atoms with E-state index in [2.05, 4.69) is 80.2 Å². The van der Waals surface area contributed by atoms with Crippen LogP contribution < -0.4 is 0 Å². The first-order chi connectivity index (χ1) is 10.3. The molecular weight excluding hydrogens is 252 g/mol. The maximum atomic E-state index is 3.91. The maximum absolute atomic E-state index is 3.91. The van der Waals surface area contributed by atoms with Crippen molar-refractivity contribution in [2.75, 3.05) is 0 Å². The summed E-state index contributed by atoms with van der Waals surface area (Å²) in [5.74, 6) is 0. The molecule has 0 nitrogen and oxygen atoms in total. The van der Waals surface area contributed by atoms with Crippen molar-refractivity contribution in [1.82, 2.24) is 0 Å². The zero-order chi connectivity index (χ0) is 14.7. The van der Waals surface area contributed by atoms with Gasteiger partial charge in [0.05, 0.1) is 0 Å². The molecule has 0 fully saturated rings. The van der Waals surface area contributed by atoms with Gasteiger partial charge in [-0.25, -0.2) is 0 Å². The van der Waals surface area contributed by atoms with Crippen LogP contribution in [0.2, 0.25) is 0 Å². The summed E-state index contributed by atoms with van der Waals surface area (Å²) in [6, 6.07) is 25.6. The third-order valence-electron chi connectivity index (χ3n) is 3.82. The summed E-state index contributed by atoms with van der Waals surface area (Å²) in [5.41, 5.74) is 7.44. The van der Waals surface area contributed by atoms with E-state index >= 15 is 0 Å². The molecule has 0 saturated heterocycles. The fraction of sp³-hybridized carbons (Fsp3) is 0.0476. The molecule has 21 heavy (non-hydrogen) atoms. The van der Waals surface area contributed by atoms with Gasteiger partial charge in [-0.15, -0.1) is 0 Å². The van der Waals surface area contributed by atoms with Crippen molar-refractivity contribution in [2.24, 2.45) is 0 Å². The van der Waals surface area contributed by atoms with Gasteiger partial charge in [0.15, 0.2) is 0 Å². The zero-order valence-electron chi connectivity index (χ0n) is 12.2. The zero-order valence-corrected chi connectivity index (χ0v) is 12.2. The molecule has 0 saturated carbocycles. The molecule has 0 radical (unpaired) electrons. The quantitative estimate of drug-likeness (QED) is 0.550. The van der Waals surface area contributed by atoms with Crippen LogP contribution in [0, 0.1) is 6.92 Å². The van der Waals surface area contributed by atoms with E-state index in [1.807, 2.05) is 12.1 Å². The van der Waals surface area contributed by atoms with Gasteiger partial charge in [-0.3, -0.25) is 0 Å². The number of rotatable bonds is 3. The standard InChI is InChI=1S/C21H18/c1-3-17-15-19(14-13-16(17)2)21-12-8-7-11-20(21)18-9-5-4-6-10-18/h3-15H,1H2,2H3. The average Bonchev–Trinajstić information content (AvgIpc) is 2.56. The van der Waals surface area contributed by atoms with Gasteiger partial charge in [0, 0.05) is 0 Å². The number of aryl methyl sites for hydroxylation is 1. The Hall–Kier alpha value is -2.60. The largest absolute Gasteiger partial charge is 0.0985 e. The number of hydrogen-bond donors (Lipinski definition) is 0. The van der Waals surface area contributed by atoms with E-state index in [0.717, 1.165) is 0 Å². The van der Waals surface area contributed by atoms with Gasteiger partial charge in [0.25, 0.3) is 0 Å². The molecule has 0 heteroatoms. The molecular formula is C21H18. The van der Waals surface area contributed by atoms with Crippen molar-refractivity contribution in [3.8, 4) is 22.3 Å². The topological polar surface area (TPSA) is 0 Å². The van der Waals surface area contributed by atoms with Crippen LogP contribution in [0.25, 0.3) is 28.3 Å². The third kappa shape index (κ3) is 2.66. The van der Waals surface area contributed by atoms with E-state index in [4.69, 9.17) is 0 Å². The van der Waals surface area contributed by atoms with Crippen LogP contribution in [0.15, 0.2) is 79.4 Å². The highest BCUT2D eigenvalue weighted by Crippen LogP contribution is 2.32. The first-order valence-electron chi connectivity index (χ1n) is 7.17. The Morgan fingerprint density at radius 2 is 1.33 bits per heavy atom. The molecule has 0 aromatic heterocycles. The van der Waals surface area contributed by atoms with Gasteiger partial charge < -0.3 is 0 Å². The minimum atomic E-state index is 1.19. The summed E-state index contributed by atoms with van der Waals surface area (Å²) in [7, 11) is 0. The molecule has 0 aliphatic carbocycles. The van der Waals surface area contributed by atoms with Gasteiger partial charge >= 0.3 is 0 Å². The van der Waals surface area contributed by atoms with Crippen LogP contribution in [-0.4, -0.2) is 0 Å². The Labute approximate surface area is 126 Å². The molecule has 0 amide bonds. The van der Waals surface area contributed by atoms with Crippen LogP contribution in [-0.2, 0) is 0 Å². The van der Waals surface area contributed by atoms with E-state index < -0.39 is 0 Å². The van der Waals surface area contributed by atoms with Gasteiger partial charge in [0.2, 0.25) is 0 Å². The highest BCUT2D eigenvalue weighted by Gasteiger charge is 2.07. The lowest BCUT2D eigenvalue weighted by molar-refractivity contribution is 1.44. The van der Waals surface area contributed by atoms with Crippen LogP contribution >= 0.6 is 0 Å². The summed E-state index contributed by atoms with van der Waals surface area (Å²) < 4.78 is 0. The first kappa shape index (κ1) is 13.4. The van der Waals surface area contributed by atoms with Crippen molar-refractivity contribution >= 4 is 6.08 Å². The molecule has 3 rings (SSSR count). The monoisotopic (exact) mass is 270 g/mol. The second-order valence-corrected chi connectivity index (χ2v) is 5.19. The highest BCUT2D eigenvalue weighted by atomic mass is 14.1. The predicted molar refractivity (Wildman–Crippen MR) is 92.1 cm³/mol. The summed E-state index contributed by atoms with van der Waals surface area (Å²) in [6.45, 7) is 6.02. The molecule has 3 aromatic carbocycles. The number of hydrogen-bond acceptors (Lipinski definition) is 0. The van der Waals surface area contributed by atoms with Crippen molar-refractivity contribution in [2.45, 2.75) is 6.92 Å². The van der Waals surface area contributed by atoms with Gasteiger partial charge in [0.1, 0.15) is 0 Å². The van der Waals surface area contributed by atoms with E-state index in [0.29, 0.717) is 0 Å². The fourth-order valence-electron chi connectivity index (χ4n) is 2.63. The molecule has 0 aliphatic rings. The molecule has 0 unspecified atom stereocenters. The minimum absolute atomic E-state index is 1.19. The normalized spacial score (nSPS) is 10.3. The SMILES string of the molecule is C=Cc1cc(-c2ccccc2-c2ccccc2)ccc1C. The Morgan fingerprint density at radius 3 is 2.00 bits per heavy atom. The summed E-state index contributed by atoms with van der Waals surface area (Å²) in [4.78, 5) is 0. The fourth-order valence-corrected chi connectivity index (χ4v) is 2.63. The molecule has 3 aromatic rings. The molecule has 0 atom stereocenters. The van der Waals surface area contributed by atoms with E-state index in [1.165, 1.54) is 33.4 Å². The molecule has 0 heterocycles. The van der Waals surface area contributed by atoms with Crippen LogP contribution in [0.4, 0.5) is 0 Å². The van der Waals surface area contributed by atoms with Crippen LogP contribution in [0.3, 0.4) is 0 Å². The Morgan fingerprint density at radius 1 is 0.714 bits per heavy atom. The second-order valence-electron chi connectivity index (χ2n) is 5.19. The van der Waals surface area contributed by atoms with E-state index in [9.17, 15) is 0 Å². The summed E-state index contributed by atoms with van der Waals surface area (Å²) in [6.07, 6.45) is 1.92. The Balaban J connectivity index is 2.18. The predicted octanol–water partition coefficient (Wildman–Crippen LogP) is 5.97. The molecule has 102 valence electrons. The van der Waals surface area contributed by atoms with Gasteiger partial charge in [-0.05, 0) is 46.4 Å². The first-order valence-corrected chi connectivity index (χ1v) is 7.17. The second kappa shape index (κ2) is 5.80. The highest BCUT2D eigenvalue weighted by molar-refractivity contribution is 5.84. The minimum Gasteiger partial charge on any atom is -0.0985 e. The summed E-state index contributed by atoms with van der Waals surface area (Å²) >= 11 is 0. The van der Waals surface area contributed by atoms with Crippen molar-refractivity contribution in [3.05, 3.63) is 90.5 Å². The van der Waals surface area contributed by atoms with E-state index in [-0.39, 0.29) is 0 Å². The molecule has 0 aliphatic heterocycles. The number of benzene rings is 3. The van der Waals surface area contributed by atoms with Crippen molar-refractivity contribution in [1.29, 1.82) is 0 Å². The van der Waals surface area contributed by atoms with Crippen LogP contribution in [0.1, 0.15) is 11.1 Å². The average molecular weight is 270 g/mol. The maximum Gasteiger partial charge on any atom is -0.0105 e. The Kier molecular flexibility index (Phi) is 3.70. The third-order valence-corrected chi connectivity index (χ3v) is 3.82. The van der Waals surface area contributed by atoms with Crippen LogP contribution in [0.5, 0.6) is 0 Å². The smallest absolute Gasteiger partial charge is 0.0105 e. The lowest BCUT2D eigenvalue weighted by atomic mass is 9.93. The van der Waals surface area contributed by atoms with E-state index in [1.54, 1.807) is 0 Å². The molecule has 0 spiro atoms.